The Hall–Kier alpha value is -3.06. The molecule has 0 saturated carbocycles. The largest absolute Gasteiger partial charge is 0.493 e. The Morgan fingerprint density at radius 3 is 1.97 bits per heavy atom. The van der Waals surface area contributed by atoms with Crippen molar-refractivity contribution < 1.29 is 23.7 Å². The maximum absolute atomic E-state index is 6.51. The zero-order valence-corrected chi connectivity index (χ0v) is 19.2. The van der Waals surface area contributed by atoms with Crippen LogP contribution in [0.4, 0.5) is 0 Å². The lowest BCUT2D eigenvalue weighted by atomic mass is 9.86. The Morgan fingerprint density at radius 2 is 1.45 bits per heavy atom. The van der Waals surface area contributed by atoms with Crippen molar-refractivity contribution in [1.29, 1.82) is 0 Å². The molecule has 0 aromatic heterocycles. The van der Waals surface area contributed by atoms with Crippen LogP contribution in [0.3, 0.4) is 0 Å². The van der Waals surface area contributed by atoms with Crippen LogP contribution < -0.4 is 19.5 Å². The van der Waals surface area contributed by atoms with Gasteiger partial charge in [-0.3, -0.25) is 0 Å². The van der Waals surface area contributed by atoms with Crippen molar-refractivity contribution in [3.8, 4) is 17.2 Å². The van der Waals surface area contributed by atoms with Crippen LogP contribution >= 0.6 is 0 Å². The first-order chi connectivity index (χ1) is 16.3. The van der Waals surface area contributed by atoms with Gasteiger partial charge in [-0.25, -0.2) is 0 Å². The van der Waals surface area contributed by atoms with E-state index in [1.807, 2.05) is 54.6 Å². The predicted molar refractivity (Wildman–Crippen MR) is 127 cm³/mol. The molecular formula is C27H31NO5. The van der Waals surface area contributed by atoms with E-state index in [9.17, 15) is 0 Å². The van der Waals surface area contributed by atoms with Crippen molar-refractivity contribution in [2.45, 2.75) is 11.7 Å². The van der Waals surface area contributed by atoms with Gasteiger partial charge in [0.05, 0.1) is 33.5 Å². The van der Waals surface area contributed by atoms with E-state index in [1.54, 1.807) is 14.2 Å². The average Bonchev–Trinajstić information content (AvgIpc) is 2.90. The fraction of sp³-hybridized carbons (Fsp3) is 0.333. The van der Waals surface area contributed by atoms with E-state index in [1.165, 1.54) is 0 Å². The zero-order chi connectivity index (χ0) is 22.9. The summed E-state index contributed by atoms with van der Waals surface area (Å²) in [5, 5.41) is 3.40. The Balaban J connectivity index is 1.30. The van der Waals surface area contributed by atoms with Gasteiger partial charge in [0.2, 0.25) is 5.75 Å². The minimum atomic E-state index is -0.595. The molecule has 0 aliphatic carbocycles. The molecule has 6 nitrogen and oxygen atoms in total. The molecule has 3 aromatic rings. The van der Waals surface area contributed by atoms with E-state index in [2.05, 4.69) is 29.6 Å². The third-order valence-electron chi connectivity index (χ3n) is 5.80. The first kappa shape index (κ1) is 23.1. The topological polar surface area (TPSA) is 58.2 Å². The highest BCUT2D eigenvalue weighted by molar-refractivity contribution is 5.51. The molecule has 4 rings (SSSR count). The fourth-order valence-electron chi connectivity index (χ4n) is 4.04. The number of para-hydroxylation sites is 1. The summed E-state index contributed by atoms with van der Waals surface area (Å²) in [7, 11) is 3.23. The normalized spacial score (nSPS) is 17.3. The molecule has 0 spiro atoms. The number of rotatable bonds is 10. The van der Waals surface area contributed by atoms with Crippen LogP contribution in [0.15, 0.2) is 78.9 Å². The molecule has 33 heavy (non-hydrogen) atoms. The van der Waals surface area contributed by atoms with Crippen LogP contribution in [0.5, 0.6) is 17.2 Å². The monoisotopic (exact) mass is 449 g/mol. The molecule has 1 aliphatic rings. The average molecular weight is 450 g/mol. The molecule has 1 N–H and O–H groups in total. The molecule has 174 valence electrons. The molecule has 3 aromatic carbocycles. The van der Waals surface area contributed by atoms with E-state index in [4.69, 9.17) is 23.7 Å². The lowest BCUT2D eigenvalue weighted by Crippen LogP contribution is -2.48. The number of methoxy groups -OCH3 is 2. The van der Waals surface area contributed by atoms with Gasteiger partial charge in [-0.2, -0.15) is 0 Å². The number of benzene rings is 3. The maximum atomic E-state index is 6.51. The van der Waals surface area contributed by atoms with Gasteiger partial charge in [-0.05, 0) is 23.3 Å². The van der Waals surface area contributed by atoms with Crippen LogP contribution in [-0.4, -0.2) is 53.2 Å². The second-order valence-electron chi connectivity index (χ2n) is 7.85. The first-order valence-electron chi connectivity index (χ1n) is 11.2. The second-order valence-corrected chi connectivity index (χ2v) is 7.85. The second kappa shape index (κ2) is 11.2. The molecule has 0 bridgehead atoms. The molecule has 1 heterocycles. The smallest absolute Gasteiger partial charge is 0.203 e. The highest BCUT2D eigenvalue weighted by atomic mass is 16.6. The lowest BCUT2D eigenvalue weighted by Gasteiger charge is -2.41. The highest BCUT2D eigenvalue weighted by Crippen LogP contribution is 2.38. The van der Waals surface area contributed by atoms with Gasteiger partial charge in [-0.15, -0.1) is 0 Å². The van der Waals surface area contributed by atoms with Gasteiger partial charge in [0.1, 0.15) is 12.2 Å². The van der Waals surface area contributed by atoms with E-state index in [-0.39, 0.29) is 6.10 Å². The summed E-state index contributed by atoms with van der Waals surface area (Å²) >= 11 is 0. The van der Waals surface area contributed by atoms with Crippen molar-refractivity contribution in [3.63, 3.8) is 0 Å². The van der Waals surface area contributed by atoms with Crippen LogP contribution in [0, 0.1) is 0 Å². The molecular weight excluding hydrogens is 418 g/mol. The summed E-state index contributed by atoms with van der Waals surface area (Å²) in [5.41, 5.74) is 1.60. The van der Waals surface area contributed by atoms with Gasteiger partial charge in [0.25, 0.3) is 0 Å². The summed E-state index contributed by atoms with van der Waals surface area (Å²) in [4.78, 5) is 0. The van der Waals surface area contributed by atoms with Gasteiger partial charge in [0, 0.05) is 13.1 Å². The summed E-state index contributed by atoms with van der Waals surface area (Å²) in [6.07, 6.45) is -0.0358. The summed E-state index contributed by atoms with van der Waals surface area (Å²) in [5.74, 6) is 1.91. The third-order valence-corrected chi connectivity index (χ3v) is 5.80. The molecule has 1 atom stereocenters. The van der Waals surface area contributed by atoms with Crippen molar-refractivity contribution in [2.75, 3.05) is 47.1 Å². The van der Waals surface area contributed by atoms with Crippen LogP contribution in [0.25, 0.3) is 0 Å². The molecule has 6 heteroatoms. The molecule has 0 radical (unpaired) electrons. The van der Waals surface area contributed by atoms with Crippen molar-refractivity contribution in [2.24, 2.45) is 0 Å². The van der Waals surface area contributed by atoms with Gasteiger partial charge in [-0.1, -0.05) is 66.7 Å². The third kappa shape index (κ3) is 5.30. The van der Waals surface area contributed by atoms with Crippen LogP contribution in [0.1, 0.15) is 11.1 Å². The SMILES string of the molecule is COc1cccc(OC)c1OCCNCC1COC(c2ccccc2)(c2ccccc2)CO1. The van der Waals surface area contributed by atoms with Crippen LogP contribution in [-0.2, 0) is 15.1 Å². The minimum Gasteiger partial charge on any atom is -0.493 e. The molecule has 1 fully saturated rings. The highest BCUT2D eigenvalue weighted by Gasteiger charge is 2.40. The quantitative estimate of drug-likeness (QED) is 0.472. The summed E-state index contributed by atoms with van der Waals surface area (Å²) in [6.45, 7) is 2.76. The number of hydrogen-bond donors (Lipinski definition) is 1. The zero-order valence-electron chi connectivity index (χ0n) is 19.2. The lowest BCUT2D eigenvalue weighted by molar-refractivity contribution is -0.175. The van der Waals surface area contributed by atoms with Gasteiger partial charge < -0.3 is 29.0 Å². The fourth-order valence-corrected chi connectivity index (χ4v) is 4.04. The number of nitrogens with one attached hydrogen (secondary N) is 1. The molecule has 1 aliphatic heterocycles. The van der Waals surface area contributed by atoms with Crippen molar-refractivity contribution >= 4 is 0 Å². The molecule has 1 unspecified atom stereocenters. The standard InChI is InChI=1S/C27H31NO5/c1-29-24-14-9-15-25(30-2)26(24)31-17-16-28-18-23-19-33-27(20-32-23,21-10-5-3-6-11-21)22-12-7-4-8-13-22/h3-15,23,28H,16-20H2,1-2H3. The number of ether oxygens (including phenoxy) is 5. The summed E-state index contributed by atoms with van der Waals surface area (Å²) in [6, 6.07) is 26.1. The van der Waals surface area contributed by atoms with Gasteiger partial charge in [0.15, 0.2) is 11.5 Å². The van der Waals surface area contributed by atoms with Crippen molar-refractivity contribution in [1.82, 2.24) is 5.32 Å². The van der Waals surface area contributed by atoms with E-state index < -0.39 is 5.60 Å². The Kier molecular flexibility index (Phi) is 7.83. The first-order valence-corrected chi connectivity index (χ1v) is 11.2. The Bertz CT molecular complexity index is 924. The Labute approximate surface area is 195 Å². The maximum Gasteiger partial charge on any atom is 0.203 e. The minimum absolute atomic E-state index is 0.0358. The van der Waals surface area contributed by atoms with Crippen LogP contribution in [0.2, 0.25) is 0 Å². The molecule has 1 saturated heterocycles. The van der Waals surface area contributed by atoms with Crippen molar-refractivity contribution in [3.05, 3.63) is 90.0 Å². The predicted octanol–water partition coefficient (Wildman–Crippen LogP) is 4.03. The Morgan fingerprint density at radius 1 is 0.848 bits per heavy atom. The van der Waals surface area contributed by atoms with E-state index in [0.717, 1.165) is 11.1 Å². The molecule has 0 amide bonds. The summed E-state index contributed by atoms with van der Waals surface area (Å²) < 4.78 is 29.4. The van der Waals surface area contributed by atoms with E-state index >= 15 is 0 Å². The van der Waals surface area contributed by atoms with E-state index in [0.29, 0.717) is 50.2 Å². The van der Waals surface area contributed by atoms with Gasteiger partial charge >= 0.3 is 0 Å². The number of hydrogen-bond acceptors (Lipinski definition) is 6.